The van der Waals surface area contributed by atoms with E-state index in [1.807, 2.05) is 0 Å². The molecule has 0 aromatic heterocycles. The van der Waals surface area contributed by atoms with Gasteiger partial charge in [-0.2, -0.15) is 0 Å². The SMILES string of the molecule is CC(C)CC12CCC(CC(C)C)(CC1)C2. The maximum Gasteiger partial charge on any atom is -0.0289 e. The van der Waals surface area contributed by atoms with Crippen molar-refractivity contribution >= 4 is 0 Å². The van der Waals surface area contributed by atoms with Gasteiger partial charge in [-0.1, -0.05) is 27.7 Å². The number of fused-ring (bicyclic) bond motifs is 2. The Morgan fingerprint density at radius 1 is 0.733 bits per heavy atom. The maximum atomic E-state index is 2.40. The summed E-state index contributed by atoms with van der Waals surface area (Å²) in [6.07, 6.45) is 10.7. The lowest BCUT2D eigenvalue weighted by Gasteiger charge is -2.29. The molecule has 2 rings (SSSR count). The van der Waals surface area contributed by atoms with E-state index in [2.05, 4.69) is 27.7 Å². The molecule has 0 aromatic carbocycles. The van der Waals surface area contributed by atoms with Gasteiger partial charge < -0.3 is 0 Å². The molecular formula is C15H28. The monoisotopic (exact) mass is 208 g/mol. The van der Waals surface area contributed by atoms with Crippen molar-refractivity contribution in [2.75, 3.05) is 0 Å². The lowest BCUT2D eigenvalue weighted by atomic mass is 9.76. The van der Waals surface area contributed by atoms with E-state index < -0.39 is 0 Å². The van der Waals surface area contributed by atoms with Crippen molar-refractivity contribution in [2.45, 2.75) is 72.6 Å². The molecule has 0 heteroatoms. The highest BCUT2D eigenvalue weighted by molar-refractivity contribution is 5.04. The summed E-state index contributed by atoms with van der Waals surface area (Å²) >= 11 is 0. The first-order valence-corrected chi connectivity index (χ1v) is 6.95. The van der Waals surface area contributed by atoms with Gasteiger partial charge in [0.05, 0.1) is 0 Å². The molecule has 2 bridgehead atoms. The van der Waals surface area contributed by atoms with E-state index in [-0.39, 0.29) is 0 Å². The van der Waals surface area contributed by atoms with Crippen LogP contribution in [0.2, 0.25) is 0 Å². The molecule has 0 atom stereocenters. The van der Waals surface area contributed by atoms with Crippen molar-refractivity contribution in [3.05, 3.63) is 0 Å². The highest BCUT2D eigenvalue weighted by atomic mass is 14.6. The largest absolute Gasteiger partial charge is 0.0628 e. The van der Waals surface area contributed by atoms with Crippen LogP contribution in [-0.2, 0) is 0 Å². The van der Waals surface area contributed by atoms with Crippen molar-refractivity contribution in [1.82, 2.24) is 0 Å². The Kier molecular flexibility index (Phi) is 2.90. The van der Waals surface area contributed by atoms with Crippen LogP contribution < -0.4 is 0 Å². The number of rotatable bonds is 4. The third-order valence-corrected chi connectivity index (χ3v) is 4.80. The summed E-state index contributed by atoms with van der Waals surface area (Å²) in [5, 5.41) is 0. The average Bonchev–Trinajstić information content (AvgIpc) is 2.56. The quantitative estimate of drug-likeness (QED) is 0.608. The van der Waals surface area contributed by atoms with Crippen molar-refractivity contribution in [1.29, 1.82) is 0 Å². The summed E-state index contributed by atoms with van der Waals surface area (Å²) in [6.45, 7) is 9.59. The Bertz CT molecular complexity index is 192. The summed E-state index contributed by atoms with van der Waals surface area (Å²) in [7, 11) is 0. The van der Waals surface area contributed by atoms with Crippen LogP contribution in [-0.4, -0.2) is 0 Å². The minimum atomic E-state index is 0.781. The van der Waals surface area contributed by atoms with Gasteiger partial charge in [0.25, 0.3) is 0 Å². The molecule has 0 amide bonds. The standard InChI is InChI=1S/C15H28/c1-12(2)9-14-5-7-15(11-14,8-6-14)10-13(3)4/h12-13H,5-11H2,1-4H3. The predicted octanol–water partition coefficient (Wildman–Crippen LogP) is 5.03. The molecule has 0 spiro atoms. The Hall–Kier alpha value is 0. The minimum Gasteiger partial charge on any atom is -0.0628 e. The lowest BCUT2D eigenvalue weighted by Crippen LogP contribution is -2.17. The van der Waals surface area contributed by atoms with Gasteiger partial charge in [0, 0.05) is 0 Å². The highest BCUT2D eigenvalue weighted by Gasteiger charge is 2.53. The smallest absolute Gasteiger partial charge is 0.0289 e. The van der Waals surface area contributed by atoms with Crippen LogP contribution in [0.1, 0.15) is 72.6 Å². The summed E-state index contributed by atoms with van der Waals surface area (Å²) in [5.41, 5.74) is 1.56. The fraction of sp³-hybridized carbons (Fsp3) is 1.00. The molecule has 88 valence electrons. The highest BCUT2D eigenvalue weighted by Crippen LogP contribution is 2.65. The number of hydrogen-bond donors (Lipinski definition) is 0. The fourth-order valence-electron chi connectivity index (χ4n) is 4.74. The van der Waals surface area contributed by atoms with Crippen LogP contribution in [0.25, 0.3) is 0 Å². The molecular weight excluding hydrogens is 180 g/mol. The van der Waals surface area contributed by atoms with Crippen molar-refractivity contribution < 1.29 is 0 Å². The van der Waals surface area contributed by atoms with E-state index in [0.29, 0.717) is 0 Å². The van der Waals surface area contributed by atoms with E-state index in [1.54, 1.807) is 6.42 Å². The molecule has 2 saturated carbocycles. The lowest BCUT2D eigenvalue weighted by molar-refractivity contribution is 0.222. The van der Waals surface area contributed by atoms with Crippen LogP contribution in [0.15, 0.2) is 0 Å². The van der Waals surface area contributed by atoms with Crippen molar-refractivity contribution in [2.24, 2.45) is 22.7 Å². The molecule has 0 radical (unpaired) electrons. The molecule has 0 saturated heterocycles. The van der Waals surface area contributed by atoms with E-state index in [9.17, 15) is 0 Å². The second kappa shape index (κ2) is 3.79. The summed E-state index contributed by atoms with van der Waals surface area (Å²) in [5.74, 6) is 1.80. The molecule has 0 aliphatic heterocycles. The Morgan fingerprint density at radius 3 is 1.33 bits per heavy atom. The molecule has 0 aromatic rings. The van der Waals surface area contributed by atoms with Gasteiger partial charge in [0.2, 0.25) is 0 Å². The van der Waals surface area contributed by atoms with Crippen LogP contribution in [0, 0.1) is 22.7 Å². The molecule has 2 fully saturated rings. The van der Waals surface area contributed by atoms with Gasteiger partial charge in [-0.3, -0.25) is 0 Å². The van der Waals surface area contributed by atoms with Crippen molar-refractivity contribution in [3.8, 4) is 0 Å². The van der Waals surface area contributed by atoms with E-state index in [1.165, 1.54) is 38.5 Å². The second-order valence-electron chi connectivity index (χ2n) is 7.37. The van der Waals surface area contributed by atoms with Crippen LogP contribution in [0.4, 0.5) is 0 Å². The molecule has 0 N–H and O–H groups in total. The van der Waals surface area contributed by atoms with E-state index in [4.69, 9.17) is 0 Å². The zero-order chi connectivity index (χ0) is 11.1. The van der Waals surface area contributed by atoms with Crippen molar-refractivity contribution in [3.63, 3.8) is 0 Å². The van der Waals surface area contributed by atoms with Gasteiger partial charge in [-0.15, -0.1) is 0 Å². The van der Waals surface area contributed by atoms with Gasteiger partial charge in [-0.25, -0.2) is 0 Å². The molecule has 2 aliphatic rings. The first kappa shape index (κ1) is 11.5. The normalized spacial score (nSPS) is 39.6. The Morgan fingerprint density at radius 2 is 1.07 bits per heavy atom. The fourth-order valence-corrected chi connectivity index (χ4v) is 4.74. The average molecular weight is 208 g/mol. The van der Waals surface area contributed by atoms with Crippen LogP contribution in [0.3, 0.4) is 0 Å². The van der Waals surface area contributed by atoms with Gasteiger partial charge >= 0.3 is 0 Å². The van der Waals surface area contributed by atoms with Crippen LogP contribution in [0.5, 0.6) is 0 Å². The Labute approximate surface area is 95.8 Å². The molecule has 0 heterocycles. The maximum absolute atomic E-state index is 2.40. The molecule has 15 heavy (non-hydrogen) atoms. The van der Waals surface area contributed by atoms with E-state index in [0.717, 1.165) is 22.7 Å². The second-order valence-corrected chi connectivity index (χ2v) is 7.37. The van der Waals surface area contributed by atoms with Gasteiger partial charge in [0.1, 0.15) is 0 Å². The molecule has 0 nitrogen and oxygen atoms in total. The zero-order valence-electron chi connectivity index (χ0n) is 11.1. The first-order valence-electron chi connectivity index (χ1n) is 6.95. The van der Waals surface area contributed by atoms with E-state index >= 15 is 0 Å². The molecule has 0 unspecified atom stereocenters. The number of hydrogen-bond acceptors (Lipinski definition) is 0. The molecule has 2 aliphatic carbocycles. The van der Waals surface area contributed by atoms with Crippen LogP contribution >= 0.6 is 0 Å². The summed E-state index contributed by atoms with van der Waals surface area (Å²) in [6, 6.07) is 0. The third kappa shape index (κ3) is 2.24. The third-order valence-electron chi connectivity index (χ3n) is 4.80. The summed E-state index contributed by atoms with van der Waals surface area (Å²) < 4.78 is 0. The Balaban J connectivity index is 2.01. The minimum absolute atomic E-state index is 0.781. The van der Waals surface area contributed by atoms with Gasteiger partial charge in [0.15, 0.2) is 0 Å². The zero-order valence-corrected chi connectivity index (χ0v) is 11.1. The topological polar surface area (TPSA) is 0 Å². The first-order chi connectivity index (χ1) is 6.95. The van der Waals surface area contributed by atoms with Gasteiger partial charge in [-0.05, 0) is 67.6 Å². The summed E-state index contributed by atoms with van der Waals surface area (Å²) in [4.78, 5) is 0. The predicted molar refractivity (Wildman–Crippen MR) is 66.9 cm³/mol.